The first-order valence-corrected chi connectivity index (χ1v) is 6.98. The molecule has 1 unspecified atom stereocenters. The number of carbonyl (C=O) groups is 2. The molecule has 1 atom stereocenters. The SMILES string of the molecule is COC(=O)c1ccc(=O)n(C(C)C(=O)Nc2cccc(C)c2)n1. The molecule has 7 heteroatoms. The van der Waals surface area contributed by atoms with Crippen molar-refractivity contribution in [1.82, 2.24) is 9.78 Å². The molecule has 0 aliphatic heterocycles. The van der Waals surface area contributed by atoms with Gasteiger partial charge in [-0.15, -0.1) is 0 Å². The van der Waals surface area contributed by atoms with E-state index in [0.29, 0.717) is 5.69 Å². The topological polar surface area (TPSA) is 90.3 Å². The predicted molar refractivity (Wildman–Crippen MR) is 84.4 cm³/mol. The zero-order valence-electron chi connectivity index (χ0n) is 13.1. The lowest BCUT2D eigenvalue weighted by Crippen LogP contribution is -2.34. The van der Waals surface area contributed by atoms with Crippen molar-refractivity contribution in [1.29, 1.82) is 0 Å². The van der Waals surface area contributed by atoms with E-state index in [2.05, 4.69) is 15.2 Å². The van der Waals surface area contributed by atoms with Crippen molar-refractivity contribution >= 4 is 17.6 Å². The van der Waals surface area contributed by atoms with Crippen LogP contribution >= 0.6 is 0 Å². The van der Waals surface area contributed by atoms with E-state index in [9.17, 15) is 14.4 Å². The van der Waals surface area contributed by atoms with E-state index in [4.69, 9.17) is 0 Å². The Morgan fingerprint density at radius 1 is 1.26 bits per heavy atom. The van der Waals surface area contributed by atoms with Gasteiger partial charge in [0.05, 0.1) is 7.11 Å². The molecule has 0 spiro atoms. The summed E-state index contributed by atoms with van der Waals surface area (Å²) in [6.45, 7) is 3.44. The highest BCUT2D eigenvalue weighted by Gasteiger charge is 2.19. The van der Waals surface area contributed by atoms with Crippen LogP contribution in [-0.4, -0.2) is 28.8 Å². The number of hydrogen-bond acceptors (Lipinski definition) is 5. The van der Waals surface area contributed by atoms with Crippen LogP contribution in [0.5, 0.6) is 0 Å². The van der Waals surface area contributed by atoms with E-state index >= 15 is 0 Å². The third-order valence-electron chi connectivity index (χ3n) is 3.25. The zero-order chi connectivity index (χ0) is 17.0. The Balaban J connectivity index is 2.25. The van der Waals surface area contributed by atoms with Crippen molar-refractivity contribution in [3.05, 3.63) is 58.0 Å². The van der Waals surface area contributed by atoms with Gasteiger partial charge in [0.1, 0.15) is 6.04 Å². The third kappa shape index (κ3) is 3.82. The van der Waals surface area contributed by atoms with Crippen LogP contribution in [0.4, 0.5) is 5.69 Å². The van der Waals surface area contributed by atoms with Crippen molar-refractivity contribution < 1.29 is 14.3 Å². The van der Waals surface area contributed by atoms with Gasteiger partial charge in [-0.25, -0.2) is 9.48 Å². The molecule has 0 radical (unpaired) electrons. The standard InChI is InChI=1S/C16H17N3O4/c1-10-5-4-6-12(9-10)17-15(21)11(2)19-14(20)8-7-13(18-19)16(22)23-3/h4-9,11H,1-3H3,(H,17,21). The van der Waals surface area contributed by atoms with Crippen LogP contribution in [-0.2, 0) is 9.53 Å². The summed E-state index contributed by atoms with van der Waals surface area (Å²) in [5.74, 6) is -1.09. The highest BCUT2D eigenvalue weighted by atomic mass is 16.5. The third-order valence-corrected chi connectivity index (χ3v) is 3.25. The molecule has 2 rings (SSSR count). The zero-order valence-corrected chi connectivity index (χ0v) is 13.1. The monoisotopic (exact) mass is 315 g/mol. The smallest absolute Gasteiger partial charge is 0.358 e. The van der Waals surface area contributed by atoms with E-state index < -0.39 is 23.5 Å². The van der Waals surface area contributed by atoms with Crippen molar-refractivity contribution in [3.8, 4) is 0 Å². The van der Waals surface area contributed by atoms with Gasteiger partial charge in [-0.2, -0.15) is 5.10 Å². The predicted octanol–water partition coefficient (Wildman–Crippen LogP) is 1.54. The van der Waals surface area contributed by atoms with E-state index in [0.717, 1.165) is 10.2 Å². The van der Waals surface area contributed by atoms with Crippen molar-refractivity contribution in [2.45, 2.75) is 19.9 Å². The first-order chi connectivity index (χ1) is 10.9. The van der Waals surface area contributed by atoms with E-state index in [1.807, 2.05) is 25.1 Å². The van der Waals surface area contributed by atoms with E-state index in [1.165, 1.54) is 26.2 Å². The maximum absolute atomic E-state index is 12.3. The molecule has 7 nitrogen and oxygen atoms in total. The molecule has 1 N–H and O–H groups in total. The number of aromatic nitrogens is 2. The van der Waals surface area contributed by atoms with Crippen LogP contribution in [0.3, 0.4) is 0 Å². The first-order valence-electron chi connectivity index (χ1n) is 6.98. The summed E-state index contributed by atoms with van der Waals surface area (Å²) in [6.07, 6.45) is 0. The Morgan fingerprint density at radius 2 is 2.00 bits per heavy atom. The number of amides is 1. The van der Waals surface area contributed by atoms with Gasteiger partial charge >= 0.3 is 5.97 Å². The van der Waals surface area contributed by atoms with Gasteiger partial charge in [-0.1, -0.05) is 12.1 Å². The maximum atomic E-state index is 12.3. The highest BCUT2D eigenvalue weighted by molar-refractivity contribution is 5.93. The summed E-state index contributed by atoms with van der Waals surface area (Å²) in [5, 5.41) is 6.61. The fourth-order valence-electron chi connectivity index (χ4n) is 2.00. The fourth-order valence-corrected chi connectivity index (χ4v) is 2.00. The van der Waals surface area contributed by atoms with Crippen LogP contribution in [0.15, 0.2) is 41.2 Å². The molecule has 1 aromatic heterocycles. The first kappa shape index (κ1) is 16.4. The molecular formula is C16H17N3O4. The molecule has 0 aliphatic rings. The molecule has 1 heterocycles. The molecule has 1 amide bonds. The van der Waals surface area contributed by atoms with Gasteiger partial charge < -0.3 is 10.1 Å². The average Bonchev–Trinajstić information content (AvgIpc) is 2.54. The molecule has 23 heavy (non-hydrogen) atoms. The minimum absolute atomic E-state index is 0.0395. The van der Waals surface area contributed by atoms with Crippen LogP contribution in [0.1, 0.15) is 29.0 Å². The summed E-state index contributed by atoms with van der Waals surface area (Å²) in [5.41, 5.74) is 1.10. The minimum atomic E-state index is -0.882. The summed E-state index contributed by atoms with van der Waals surface area (Å²) in [6, 6.07) is 8.84. The molecular weight excluding hydrogens is 298 g/mol. The quantitative estimate of drug-likeness (QED) is 0.864. The van der Waals surface area contributed by atoms with Crippen LogP contribution in [0.25, 0.3) is 0 Å². The lowest BCUT2D eigenvalue weighted by atomic mass is 10.2. The number of nitrogens with one attached hydrogen (secondary N) is 1. The largest absolute Gasteiger partial charge is 0.464 e. The van der Waals surface area contributed by atoms with Gasteiger partial charge in [0.15, 0.2) is 5.69 Å². The second kappa shape index (κ2) is 6.87. The lowest BCUT2D eigenvalue weighted by molar-refractivity contribution is -0.119. The molecule has 120 valence electrons. The van der Waals surface area contributed by atoms with Gasteiger partial charge in [0, 0.05) is 11.8 Å². The number of anilines is 1. The van der Waals surface area contributed by atoms with Crippen LogP contribution in [0, 0.1) is 6.92 Å². The molecule has 1 aromatic carbocycles. The highest BCUT2D eigenvalue weighted by Crippen LogP contribution is 2.12. The normalized spacial score (nSPS) is 11.6. The number of esters is 1. The van der Waals surface area contributed by atoms with Gasteiger partial charge in [0.2, 0.25) is 5.91 Å². The number of hydrogen-bond donors (Lipinski definition) is 1. The van der Waals surface area contributed by atoms with E-state index in [-0.39, 0.29) is 5.69 Å². The number of methoxy groups -OCH3 is 1. The summed E-state index contributed by atoms with van der Waals surface area (Å²) in [7, 11) is 1.22. The molecule has 0 saturated heterocycles. The number of aryl methyl sites for hydroxylation is 1. The number of nitrogens with zero attached hydrogens (tertiary/aromatic N) is 2. The number of ether oxygens (including phenoxy) is 1. The number of rotatable bonds is 4. The minimum Gasteiger partial charge on any atom is -0.464 e. The van der Waals surface area contributed by atoms with Crippen molar-refractivity contribution in [2.24, 2.45) is 0 Å². The Hall–Kier alpha value is -2.96. The van der Waals surface area contributed by atoms with Crippen LogP contribution in [0.2, 0.25) is 0 Å². The molecule has 0 bridgehead atoms. The van der Waals surface area contributed by atoms with Crippen molar-refractivity contribution in [3.63, 3.8) is 0 Å². The number of benzene rings is 1. The van der Waals surface area contributed by atoms with Gasteiger partial charge in [-0.3, -0.25) is 9.59 Å². The molecule has 0 fully saturated rings. The Labute approximate surface area is 132 Å². The van der Waals surface area contributed by atoms with Gasteiger partial charge in [0.25, 0.3) is 5.56 Å². The Kier molecular flexibility index (Phi) is 4.90. The number of carbonyl (C=O) groups excluding carboxylic acids is 2. The van der Waals surface area contributed by atoms with E-state index in [1.54, 1.807) is 6.07 Å². The summed E-state index contributed by atoms with van der Waals surface area (Å²) >= 11 is 0. The lowest BCUT2D eigenvalue weighted by Gasteiger charge is -2.14. The average molecular weight is 315 g/mol. The molecule has 0 saturated carbocycles. The van der Waals surface area contributed by atoms with Gasteiger partial charge in [-0.05, 0) is 37.6 Å². The Morgan fingerprint density at radius 3 is 2.65 bits per heavy atom. The second-order valence-corrected chi connectivity index (χ2v) is 5.03. The van der Waals surface area contributed by atoms with Crippen molar-refractivity contribution in [2.75, 3.05) is 12.4 Å². The summed E-state index contributed by atoms with van der Waals surface area (Å²) < 4.78 is 5.52. The fraction of sp³-hybridized carbons (Fsp3) is 0.250. The Bertz CT molecular complexity index is 798. The van der Waals surface area contributed by atoms with Crippen LogP contribution < -0.4 is 10.9 Å². The molecule has 2 aromatic rings. The second-order valence-electron chi connectivity index (χ2n) is 5.03. The summed E-state index contributed by atoms with van der Waals surface area (Å²) in [4.78, 5) is 35.7. The maximum Gasteiger partial charge on any atom is 0.358 e. The molecule has 0 aliphatic carbocycles.